The van der Waals surface area contributed by atoms with E-state index in [1.807, 2.05) is 19.9 Å². The van der Waals surface area contributed by atoms with Gasteiger partial charge in [0.2, 0.25) is 11.8 Å². The van der Waals surface area contributed by atoms with E-state index in [2.05, 4.69) is 9.69 Å². The highest BCUT2D eigenvalue weighted by molar-refractivity contribution is 7.10. The van der Waals surface area contributed by atoms with E-state index in [1.54, 1.807) is 4.90 Å². The number of nitrogens with one attached hydrogen (secondary N) is 1. The van der Waals surface area contributed by atoms with E-state index >= 15 is 0 Å². The van der Waals surface area contributed by atoms with Gasteiger partial charge in [0.1, 0.15) is 11.0 Å². The van der Waals surface area contributed by atoms with Crippen molar-refractivity contribution < 1.29 is 9.59 Å². The summed E-state index contributed by atoms with van der Waals surface area (Å²) in [6.07, 6.45) is 2.04. The van der Waals surface area contributed by atoms with Gasteiger partial charge in [0.25, 0.3) is 0 Å². The summed E-state index contributed by atoms with van der Waals surface area (Å²) >= 11 is 1.26. The van der Waals surface area contributed by atoms with E-state index in [0.717, 1.165) is 17.1 Å². The van der Waals surface area contributed by atoms with E-state index in [1.165, 1.54) is 11.5 Å². The van der Waals surface area contributed by atoms with Crippen molar-refractivity contribution in [1.29, 1.82) is 0 Å². The zero-order chi connectivity index (χ0) is 13.1. The Morgan fingerprint density at radius 3 is 2.94 bits per heavy atom. The predicted octanol–water partition coefficient (Wildman–Crippen LogP) is 1.79. The minimum absolute atomic E-state index is 0.0810. The molecule has 1 aliphatic rings. The van der Waals surface area contributed by atoms with Crippen molar-refractivity contribution in [2.24, 2.45) is 0 Å². The normalized spacial score (nSPS) is 17.0. The van der Waals surface area contributed by atoms with Crippen LogP contribution in [-0.4, -0.2) is 33.7 Å². The van der Waals surface area contributed by atoms with Crippen LogP contribution in [0.3, 0.4) is 0 Å². The van der Waals surface area contributed by atoms with Crippen LogP contribution in [0.1, 0.15) is 31.9 Å². The van der Waals surface area contributed by atoms with Crippen LogP contribution in [0.4, 0.5) is 5.00 Å². The van der Waals surface area contributed by atoms with Crippen molar-refractivity contribution in [1.82, 2.24) is 9.27 Å². The fourth-order valence-electron chi connectivity index (χ4n) is 2.17. The quantitative estimate of drug-likeness (QED) is 0.904. The van der Waals surface area contributed by atoms with E-state index < -0.39 is 0 Å². The molecule has 2 heterocycles. The third kappa shape index (κ3) is 2.69. The molecule has 1 saturated heterocycles. The maximum absolute atomic E-state index is 12.2. The molecule has 1 unspecified atom stereocenters. The summed E-state index contributed by atoms with van der Waals surface area (Å²) in [5.41, 5.74) is 0.889. The number of carbonyl (C=O) groups excluding carboxylic acids is 2. The highest BCUT2D eigenvalue weighted by Crippen LogP contribution is 2.20. The van der Waals surface area contributed by atoms with Crippen molar-refractivity contribution in [3.63, 3.8) is 0 Å². The second-order valence-corrected chi connectivity index (χ2v) is 5.24. The number of nitrogens with zero attached hydrogens (tertiary/aromatic N) is 2. The van der Waals surface area contributed by atoms with Gasteiger partial charge in [-0.25, -0.2) is 0 Å². The molecule has 0 spiro atoms. The van der Waals surface area contributed by atoms with Crippen molar-refractivity contribution in [3.8, 4) is 0 Å². The number of aryl methyl sites for hydroxylation is 1. The first kappa shape index (κ1) is 13.0. The summed E-state index contributed by atoms with van der Waals surface area (Å²) in [6.45, 7) is 4.49. The Kier molecular flexibility index (Phi) is 3.96. The van der Waals surface area contributed by atoms with Crippen molar-refractivity contribution in [2.45, 2.75) is 39.2 Å². The van der Waals surface area contributed by atoms with Gasteiger partial charge in [-0.15, -0.1) is 0 Å². The molecule has 1 aromatic rings. The third-order valence-corrected chi connectivity index (χ3v) is 3.85. The lowest BCUT2D eigenvalue weighted by Crippen LogP contribution is -2.44. The van der Waals surface area contributed by atoms with E-state index in [0.29, 0.717) is 19.4 Å². The first-order valence-electron chi connectivity index (χ1n) is 6.15. The minimum atomic E-state index is -0.359. The number of likely N-dealkylation sites (tertiary alicyclic amines) is 1. The Morgan fingerprint density at radius 2 is 2.44 bits per heavy atom. The molecule has 18 heavy (non-hydrogen) atoms. The Morgan fingerprint density at radius 1 is 1.67 bits per heavy atom. The standard InChI is InChI=1S/C12H17N3O2S/c1-3-9(15-6-4-5-11(15)16)12(17)13-10-7-8(2)14-18-10/h7,9H,3-6H2,1-2H3,(H,13,17). The van der Waals surface area contributed by atoms with Gasteiger partial charge >= 0.3 is 0 Å². The molecule has 2 rings (SSSR count). The van der Waals surface area contributed by atoms with Gasteiger partial charge in [-0.3, -0.25) is 9.59 Å². The Bertz CT molecular complexity index is 458. The zero-order valence-electron chi connectivity index (χ0n) is 10.6. The van der Waals surface area contributed by atoms with Gasteiger partial charge in [0, 0.05) is 13.0 Å². The molecule has 1 fully saturated rings. The van der Waals surface area contributed by atoms with Crippen LogP contribution >= 0.6 is 11.5 Å². The summed E-state index contributed by atoms with van der Waals surface area (Å²) in [6, 6.07) is 1.48. The Balaban J connectivity index is 2.03. The number of carbonyl (C=O) groups is 2. The fraction of sp³-hybridized carbons (Fsp3) is 0.583. The van der Waals surface area contributed by atoms with Crippen molar-refractivity contribution in [3.05, 3.63) is 11.8 Å². The van der Waals surface area contributed by atoms with Gasteiger partial charge in [-0.1, -0.05) is 6.92 Å². The van der Waals surface area contributed by atoms with Gasteiger partial charge in [-0.2, -0.15) is 4.37 Å². The molecule has 0 aliphatic carbocycles. The number of hydrogen-bond acceptors (Lipinski definition) is 4. The van der Waals surface area contributed by atoms with Gasteiger partial charge in [0.05, 0.1) is 5.69 Å². The lowest BCUT2D eigenvalue weighted by Gasteiger charge is -2.25. The maximum atomic E-state index is 12.2. The van der Waals surface area contributed by atoms with Crippen LogP contribution in [0.5, 0.6) is 0 Å². The van der Waals surface area contributed by atoms with E-state index in [-0.39, 0.29) is 17.9 Å². The number of aromatic nitrogens is 1. The molecule has 0 bridgehead atoms. The van der Waals surface area contributed by atoms with E-state index in [4.69, 9.17) is 0 Å². The summed E-state index contributed by atoms with van der Waals surface area (Å²) in [4.78, 5) is 25.5. The third-order valence-electron chi connectivity index (χ3n) is 3.05. The summed E-state index contributed by atoms with van der Waals surface area (Å²) in [5.74, 6) is -0.0334. The highest BCUT2D eigenvalue weighted by Gasteiger charge is 2.31. The molecule has 1 aliphatic heterocycles. The summed E-state index contributed by atoms with van der Waals surface area (Å²) in [5, 5.41) is 3.57. The van der Waals surface area contributed by atoms with Crippen LogP contribution in [-0.2, 0) is 9.59 Å². The SMILES string of the molecule is CCC(C(=O)Nc1cc(C)ns1)N1CCCC1=O. The number of amides is 2. The summed E-state index contributed by atoms with van der Waals surface area (Å²) in [7, 11) is 0. The first-order chi connectivity index (χ1) is 8.61. The molecule has 0 aromatic carbocycles. The lowest BCUT2D eigenvalue weighted by molar-refractivity contribution is -0.135. The highest BCUT2D eigenvalue weighted by atomic mass is 32.1. The van der Waals surface area contributed by atoms with Crippen LogP contribution in [0.2, 0.25) is 0 Å². The smallest absolute Gasteiger partial charge is 0.247 e. The minimum Gasteiger partial charge on any atom is -0.331 e. The average Bonchev–Trinajstić information content (AvgIpc) is 2.90. The topological polar surface area (TPSA) is 62.3 Å². The zero-order valence-corrected chi connectivity index (χ0v) is 11.4. The number of anilines is 1. The van der Waals surface area contributed by atoms with Crippen molar-refractivity contribution in [2.75, 3.05) is 11.9 Å². The summed E-state index contributed by atoms with van der Waals surface area (Å²) < 4.78 is 4.11. The lowest BCUT2D eigenvalue weighted by atomic mass is 10.2. The molecule has 5 nitrogen and oxygen atoms in total. The molecule has 0 radical (unpaired) electrons. The van der Waals surface area contributed by atoms with Gasteiger partial charge in [-0.05, 0) is 37.4 Å². The monoisotopic (exact) mass is 267 g/mol. The molecule has 98 valence electrons. The van der Waals surface area contributed by atoms with Gasteiger partial charge < -0.3 is 10.2 Å². The molecule has 1 atom stereocenters. The Hall–Kier alpha value is -1.43. The molecule has 6 heteroatoms. The van der Waals surface area contributed by atoms with Crippen LogP contribution in [0.15, 0.2) is 6.07 Å². The largest absolute Gasteiger partial charge is 0.331 e. The Labute approximate surface area is 110 Å². The molecule has 1 aromatic heterocycles. The van der Waals surface area contributed by atoms with Gasteiger partial charge in [0.15, 0.2) is 0 Å². The van der Waals surface area contributed by atoms with Crippen LogP contribution < -0.4 is 5.32 Å². The second kappa shape index (κ2) is 5.48. The molecular formula is C12H17N3O2S. The van der Waals surface area contributed by atoms with Crippen LogP contribution in [0, 0.1) is 6.92 Å². The molecular weight excluding hydrogens is 250 g/mol. The molecule has 2 amide bonds. The maximum Gasteiger partial charge on any atom is 0.247 e. The molecule has 1 N–H and O–H groups in total. The predicted molar refractivity (Wildman–Crippen MR) is 70.5 cm³/mol. The number of hydrogen-bond donors (Lipinski definition) is 1. The fourth-order valence-corrected chi connectivity index (χ4v) is 2.84. The van der Waals surface area contributed by atoms with Crippen LogP contribution in [0.25, 0.3) is 0 Å². The second-order valence-electron chi connectivity index (χ2n) is 4.44. The molecule has 0 saturated carbocycles. The average molecular weight is 267 g/mol. The first-order valence-corrected chi connectivity index (χ1v) is 6.92. The number of rotatable bonds is 4. The van der Waals surface area contributed by atoms with E-state index in [9.17, 15) is 9.59 Å². The van der Waals surface area contributed by atoms with Crippen molar-refractivity contribution >= 4 is 28.3 Å².